The van der Waals surface area contributed by atoms with Gasteiger partial charge in [0, 0.05) is 39.3 Å². The summed E-state index contributed by atoms with van der Waals surface area (Å²) in [5.74, 6) is 1.59. The van der Waals surface area contributed by atoms with Crippen LogP contribution >= 0.6 is 0 Å². The average molecular weight is 340 g/mol. The first-order valence-corrected chi connectivity index (χ1v) is 8.41. The molecule has 4 rings (SSSR count). The molecule has 1 amide bonds. The quantitative estimate of drug-likeness (QED) is 0.706. The molecule has 0 spiro atoms. The Morgan fingerprint density at radius 3 is 2.80 bits per heavy atom. The molecule has 1 aliphatic heterocycles. The van der Waals surface area contributed by atoms with E-state index < -0.39 is 0 Å². The fourth-order valence-corrected chi connectivity index (χ4v) is 3.24. The molecule has 0 N–H and O–H groups in total. The van der Waals surface area contributed by atoms with Gasteiger partial charge in [-0.25, -0.2) is 4.98 Å². The maximum Gasteiger partial charge on any atom is 0.291 e. The molecule has 130 valence electrons. The number of fused-ring (bicyclic) bond motifs is 1. The number of rotatable bonds is 2. The van der Waals surface area contributed by atoms with E-state index in [0.717, 1.165) is 24.6 Å². The average Bonchev–Trinajstić information content (AvgIpc) is 3.08. The van der Waals surface area contributed by atoms with E-state index in [2.05, 4.69) is 20.1 Å². The standard InChI is InChI=1S/C17H20N6O2/c1-12-15(25-13(2)18-12)16(24)21-7-5-8-22(11-10-21)17-20-19-14-6-3-4-9-23(14)17/h3-4,6,9H,5,7-8,10-11H2,1-2H3. The largest absolute Gasteiger partial charge is 0.436 e. The van der Waals surface area contributed by atoms with Crippen LogP contribution in [0.15, 0.2) is 28.8 Å². The van der Waals surface area contributed by atoms with E-state index in [0.29, 0.717) is 37.0 Å². The van der Waals surface area contributed by atoms with E-state index in [9.17, 15) is 4.79 Å². The van der Waals surface area contributed by atoms with Crippen molar-refractivity contribution in [1.29, 1.82) is 0 Å². The highest BCUT2D eigenvalue weighted by atomic mass is 16.4. The summed E-state index contributed by atoms with van der Waals surface area (Å²) in [7, 11) is 0. The molecule has 0 aromatic carbocycles. The molecule has 0 bridgehead atoms. The second-order valence-corrected chi connectivity index (χ2v) is 6.21. The van der Waals surface area contributed by atoms with Gasteiger partial charge in [0.05, 0.1) is 5.69 Å². The van der Waals surface area contributed by atoms with E-state index in [1.807, 2.05) is 33.7 Å². The number of amides is 1. The van der Waals surface area contributed by atoms with Crippen molar-refractivity contribution in [3.8, 4) is 0 Å². The first-order chi connectivity index (χ1) is 12.1. The lowest BCUT2D eigenvalue weighted by Gasteiger charge is -2.21. The second-order valence-electron chi connectivity index (χ2n) is 6.21. The Hall–Kier alpha value is -2.90. The fourth-order valence-electron chi connectivity index (χ4n) is 3.24. The van der Waals surface area contributed by atoms with Crippen LogP contribution in [0.4, 0.5) is 5.95 Å². The summed E-state index contributed by atoms with van der Waals surface area (Å²) in [4.78, 5) is 20.9. The van der Waals surface area contributed by atoms with Gasteiger partial charge < -0.3 is 14.2 Å². The number of carbonyl (C=O) groups is 1. The summed E-state index contributed by atoms with van der Waals surface area (Å²) in [5, 5.41) is 8.52. The third kappa shape index (κ3) is 2.84. The molecule has 0 radical (unpaired) electrons. The number of aryl methyl sites for hydroxylation is 2. The van der Waals surface area contributed by atoms with Crippen LogP contribution in [0.25, 0.3) is 5.65 Å². The molecule has 25 heavy (non-hydrogen) atoms. The normalized spacial score (nSPS) is 15.6. The molecule has 0 atom stereocenters. The van der Waals surface area contributed by atoms with Crippen LogP contribution in [0.2, 0.25) is 0 Å². The van der Waals surface area contributed by atoms with Crippen molar-refractivity contribution < 1.29 is 9.21 Å². The summed E-state index contributed by atoms with van der Waals surface area (Å²) >= 11 is 0. The predicted octanol–water partition coefficient (Wildman–Crippen LogP) is 1.69. The molecule has 0 unspecified atom stereocenters. The Morgan fingerprint density at radius 1 is 1.12 bits per heavy atom. The topological polar surface area (TPSA) is 79.8 Å². The van der Waals surface area contributed by atoms with Crippen LogP contribution in [-0.2, 0) is 0 Å². The smallest absolute Gasteiger partial charge is 0.291 e. The lowest BCUT2D eigenvalue weighted by molar-refractivity contribution is 0.0732. The lowest BCUT2D eigenvalue weighted by Crippen LogP contribution is -2.35. The minimum absolute atomic E-state index is 0.0916. The zero-order valence-corrected chi connectivity index (χ0v) is 14.3. The first-order valence-electron chi connectivity index (χ1n) is 8.41. The van der Waals surface area contributed by atoms with E-state index in [1.54, 1.807) is 13.8 Å². The van der Waals surface area contributed by atoms with Gasteiger partial charge in [-0.2, -0.15) is 0 Å². The van der Waals surface area contributed by atoms with Crippen molar-refractivity contribution in [2.75, 3.05) is 31.1 Å². The molecule has 0 aliphatic carbocycles. The number of pyridine rings is 1. The van der Waals surface area contributed by atoms with Crippen molar-refractivity contribution in [3.05, 3.63) is 41.7 Å². The van der Waals surface area contributed by atoms with E-state index >= 15 is 0 Å². The van der Waals surface area contributed by atoms with Gasteiger partial charge in [0.2, 0.25) is 11.7 Å². The van der Waals surface area contributed by atoms with Crippen LogP contribution < -0.4 is 4.90 Å². The summed E-state index contributed by atoms with van der Waals surface area (Å²) in [6.45, 7) is 6.38. The maximum atomic E-state index is 12.7. The monoisotopic (exact) mass is 340 g/mol. The second kappa shape index (κ2) is 6.19. The molecule has 3 aromatic rings. The van der Waals surface area contributed by atoms with Gasteiger partial charge in [0.15, 0.2) is 11.5 Å². The molecule has 3 aromatic heterocycles. The van der Waals surface area contributed by atoms with E-state index in [1.165, 1.54) is 0 Å². The van der Waals surface area contributed by atoms with E-state index in [4.69, 9.17) is 4.42 Å². The summed E-state index contributed by atoms with van der Waals surface area (Å²) in [6, 6.07) is 5.83. The third-order valence-corrected chi connectivity index (χ3v) is 4.46. The molecular weight excluding hydrogens is 320 g/mol. The molecule has 8 nitrogen and oxygen atoms in total. The van der Waals surface area contributed by atoms with Crippen LogP contribution in [0, 0.1) is 13.8 Å². The van der Waals surface area contributed by atoms with Crippen LogP contribution in [0.3, 0.4) is 0 Å². The van der Waals surface area contributed by atoms with Gasteiger partial charge in [-0.15, -0.1) is 10.2 Å². The van der Waals surface area contributed by atoms with Gasteiger partial charge in [-0.3, -0.25) is 9.20 Å². The number of anilines is 1. The summed E-state index contributed by atoms with van der Waals surface area (Å²) in [6.07, 6.45) is 2.82. The fraction of sp³-hybridized carbons (Fsp3) is 0.412. The molecule has 0 saturated carbocycles. The molecule has 4 heterocycles. The van der Waals surface area contributed by atoms with Gasteiger partial charge in [-0.05, 0) is 25.5 Å². The molecule has 1 aliphatic rings. The zero-order chi connectivity index (χ0) is 17.4. The zero-order valence-electron chi connectivity index (χ0n) is 14.3. The van der Waals surface area contributed by atoms with Crippen LogP contribution in [-0.4, -0.2) is 56.6 Å². The number of nitrogens with zero attached hydrogens (tertiary/aromatic N) is 6. The van der Waals surface area contributed by atoms with Gasteiger partial charge in [0.1, 0.15) is 0 Å². The lowest BCUT2D eigenvalue weighted by atomic mass is 10.3. The van der Waals surface area contributed by atoms with Crippen molar-refractivity contribution in [2.45, 2.75) is 20.3 Å². The third-order valence-electron chi connectivity index (χ3n) is 4.46. The number of carbonyl (C=O) groups excluding carboxylic acids is 1. The molecule has 8 heteroatoms. The number of aromatic nitrogens is 4. The number of hydrogen-bond acceptors (Lipinski definition) is 6. The molecular formula is C17H20N6O2. The predicted molar refractivity (Wildman–Crippen MR) is 91.7 cm³/mol. The SMILES string of the molecule is Cc1nc(C)c(C(=O)N2CCCN(c3nnc4ccccn34)CC2)o1. The highest BCUT2D eigenvalue weighted by molar-refractivity contribution is 5.92. The van der Waals surface area contributed by atoms with Crippen molar-refractivity contribution >= 4 is 17.5 Å². The Labute approximate surface area is 145 Å². The van der Waals surface area contributed by atoms with Crippen molar-refractivity contribution in [2.24, 2.45) is 0 Å². The van der Waals surface area contributed by atoms with Gasteiger partial charge in [0.25, 0.3) is 5.91 Å². The summed E-state index contributed by atoms with van der Waals surface area (Å²) in [5.41, 5.74) is 1.47. The molecule has 1 fully saturated rings. The van der Waals surface area contributed by atoms with Crippen LogP contribution in [0.1, 0.15) is 28.6 Å². The summed E-state index contributed by atoms with van der Waals surface area (Å²) < 4.78 is 7.46. The van der Waals surface area contributed by atoms with Crippen LogP contribution in [0.5, 0.6) is 0 Å². The number of oxazole rings is 1. The van der Waals surface area contributed by atoms with E-state index in [-0.39, 0.29) is 5.91 Å². The Kier molecular flexibility index (Phi) is 3.87. The van der Waals surface area contributed by atoms with Gasteiger partial charge >= 0.3 is 0 Å². The Bertz CT molecular complexity index is 915. The highest BCUT2D eigenvalue weighted by Gasteiger charge is 2.26. The van der Waals surface area contributed by atoms with Crippen molar-refractivity contribution in [1.82, 2.24) is 24.5 Å². The molecule has 1 saturated heterocycles. The first kappa shape index (κ1) is 15.6. The minimum Gasteiger partial charge on any atom is -0.436 e. The van der Waals surface area contributed by atoms with Gasteiger partial charge in [-0.1, -0.05) is 6.07 Å². The Morgan fingerprint density at radius 2 is 2.00 bits per heavy atom. The highest BCUT2D eigenvalue weighted by Crippen LogP contribution is 2.18. The Balaban J connectivity index is 1.52. The number of hydrogen-bond donors (Lipinski definition) is 0. The maximum absolute atomic E-state index is 12.7. The van der Waals surface area contributed by atoms with Crippen molar-refractivity contribution in [3.63, 3.8) is 0 Å². The minimum atomic E-state index is -0.0916.